The van der Waals surface area contributed by atoms with Crippen molar-refractivity contribution >= 4 is 29.1 Å². The molecule has 134 valence electrons. The molecule has 1 aromatic carbocycles. The summed E-state index contributed by atoms with van der Waals surface area (Å²) in [6, 6.07) is 8.96. The second kappa shape index (κ2) is 6.61. The van der Waals surface area contributed by atoms with E-state index in [4.69, 9.17) is 16.3 Å². The summed E-state index contributed by atoms with van der Waals surface area (Å²) in [6.07, 6.45) is 3.09. The van der Waals surface area contributed by atoms with Crippen molar-refractivity contribution in [2.75, 3.05) is 5.32 Å². The number of hydrogen-bond acceptors (Lipinski definition) is 4. The summed E-state index contributed by atoms with van der Waals surface area (Å²) in [6.45, 7) is 2.26. The van der Waals surface area contributed by atoms with Crippen molar-refractivity contribution in [2.24, 2.45) is 0 Å². The Labute approximate surface area is 156 Å². The van der Waals surface area contributed by atoms with Crippen molar-refractivity contribution in [1.29, 1.82) is 0 Å². The van der Waals surface area contributed by atoms with Crippen LogP contribution in [0.3, 0.4) is 0 Å². The molecular weight excluding hydrogens is 354 g/mol. The summed E-state index contributed by atoms with van der Waals surface area (Å²) in [5.41, 5.74) is 1.81. The highest BCUT2D eigenvalue weighted by molar-refractivity contribution is 6.33. The summed E-state index contributed by atoms with van der Waals surface area (Å²) >= 11 is 5.98. The van der Waals surface area contributed by atoms with Crippen molar-refractivity contribution in [3.05, 3.63) is 52.8 Å². The molecule has 2 aliphatic rings. The molecule has 7 heteroatoms. The Morgan fingerprint density at radius 1 is 1.35 bits per heavy atom. The zero-order valence-corrected chi connectivity index (χ0v) is 15.0. The number of benzene rings is 1. The minimum absolute atomic E-state index is 0.0106. The van der Waals surface area contributed by atoms with Crippen LogP contribution in [0.2, 0.25) is 5.15 Å². The molecule has 1 N–H and O–H groups in total. The lowest BCUT2D eigenvalue weighted by Crippen LogP contribution is -2.39. The van der Waals surface area contributed by atoms with Crippen molar-refractivity contribution in [1.82, 2.24) is 9.88 Å². The van der Waals surface area contributed by atoms with E-state index in [2.05, 4.69) is 10.3 Å². The normalized spacial score (nSPS) is 19.4. The molecular formula is C19H18ClN3O3. The Balaban J connectivity index is 1.59. The molecule has 1 unspecified atom stereocenters. The molecule has 2 amide bonds. The molecule has 6 nitrogen and oxygen atoms in total. The summed E-state index contributed by atoms with van der Waals surface area (Å²) < 4.78 is 5.81. The molecule has 0 radical (unpaired) electrons. The summed E-state index contributed by atoms with van der Waals surface area (Å²) in [4.78, 5) is 30.7. The first-order valence-electron chi connectivity index (χ1n) is 8.55. The van der Waals surface area contributed by atoms with Gasteiger partial charge in [0.1, 0.15) is 10.9 Å². The third kappa shape index (κ3) is 3.24. The van der Waals surface area contributed by atoms with Crippen molar-refractivity contribution in [2.45, 2.75) is 38.5 Å². The zero-order chi connectivity index (χ0) is 18.3. The zero-order valence-electron chi connectivity index (χ0n) is 14.2. The number of aromatic nitrogens is 1. The Morgan fingerprint density at radius 3 is 2.88 bits per heavy atom. The van der Waals surface area contributed by atoms with Crippen LogP contribution in [0.15, 0.2) is 36.5 Å². The second-order valence-electron chi connectivity index (χ2n) is 6.58. The number of anilines is 1. The van der Waals surface area contributed by atoms with Crippen molar-refractivity contribution < 1.29 is 14.3 Å². The van der Waals surface area contributed by atoms with E-state index in [1.165, 1.54) is 6.20 Å². The van der Waals surface area contributed by atoms with Gasteiger partial charge in [-0.15, -0.1) is 0 Å². The number of carbonyl (C=O) groups is 2. The first kappa shape index (κ1) is 16.8. The summed E-state index contributed by atoms with van der Waals surface area (Å²) in [5, 5.41) is 2.98. The van der Waals surface area contributed by atoms with E-state index in [1.807, 2.05) is 11.0 Å². The maximum Gasteiger partial charge on any atom is 0.263 e. The molecule has 0 bridgehead atoms. The molecule has 1 aromatic heterocycles. The van der Waals surface area contributed by atoms with E-state index in [-0.39, 0.29) is 17.0 Å². The van der Waals surface area contributed by atoms with Gasteiger partial charge in [0.2, 0.25) is 0 Å². The maximum atomic E-state index is 12.5. The van der Waals surface area contributed by atoms with Gasteiger partial charge in [-0.2, -0.15) is 0 Å². The number of amides is 2. The number of hydrogen-bond donors (Lipinski definition) is 1. The fraction of sp³-hybridized carbons (Fsp3) is 0.316. The highest BCUT2D eigenvalue weighted by atomic mass is 35.5. The third-order valence-electron chi connectivity index (χ3n) is 4.58. The SMILES string of the molecule is CC1Oc2ccc(NC(=O)c3cccnc3Cl)cc2CN(C2CC2)C1=O. The number of pyridine rings is 1. The van der Waals surface area contributed by atoms with Crippen LogP contribution in [-0.2, 0) is 11.3 Å². The number of halogens is 1. The molecule has 1 aliphatic carbocycles. The molecule has 4 rings (SSSR count). The average Bonchev–Trinajstić information content (AvgIpc) is 3.46. The fourth-order valence-corrected chi connectivity index (χ4v) is 3.29. The Morgan fingerprint density at radius 2 is 2.15 bits per heavy atom. The van der Waals surface area contributed by atoms with Crippen molar-refractivity contribution in [3.8, 4) is 5.75 Å². The quantitative estimate of drug-likeness (QED) is 0.840. The molecule has 1 aliphatic heterocycles. The smallest absolute Gasteiger partial charge is 0.263 e. The van der Waals surface area contributed by atoms with E-state index >= 15 is 0 Å². The van der Waals surface area contributed by atoms with Gasteiger partial charge >= 0.3 is 0 Å². The summed E-state index contributed by atoms with van der Waals surface area (Å²) in [5.74, 6) is 0.351. The first-order valence-corrected chi connectivity index (χ1v) is 8.92. The number of nitrogens with one attached hydrogen (secondary N) is 1. The molecule has 0 spiro atoms. The highest BCUT2D eigenvalue weighted by Gasteiger charge is 2.37. The first-order chi connectivity index (χ1) is 12.5. The number of carbonyl (C=O) groups excluding carboxylic acids is 2. The number of ether oxygens (including phenoxy) is 1. The number of nitrogens with zero attached hydrogens (tertiary/aromatic N) is 2. The van der Waals surface area contributed by atoms with Crippen molar-refractivity contribution in [3.63, 3.8) is 0 Å². The van der Waals surface area contributed by atoms with Gasteiger partial charge in [0.05, 0.1) is 5.56 Å². The molecule has 1 atom stereocenters. The van der Waals surface area contributed by atoms with Crippen LogP contribution in [0.5, 0.6) is 5.75 Å². The average molecular weight is 372 g/mol. The van der Waals surface area contributed by atoms with E-state index in [9.17, 15) is 9.59 Å². The van der Waals surface area contributed by atoms with Crippen LogP contribution < -0.4 is 10.1 Å². The van der Waals surface area contributed by atoms with Gasteiger partial charge in [0.25, 0.3) is 11.8 Å². The fourth-order valence-electron chi connectivity index (χ4n) is 3.08. The Kier molecular flexibility index (Phi) is 4.28. The topological polar surface area (TPSA) is 71.5 Å². The van der Waals surface area contributed by atoms with E-state index in [0.717, 1.165) is 18.4 Å². The Hall–Kier alpha value is -2.60. The minimum Gasteiger partial charge on any atom is -0.481 e. The van der Waals surface area contributed by atoms with Gasteiger partial charge in [0, 0.05) is 30.0 Å². The second-order valence-corrected chi connectivity index (χ2v) is 6.93. The highest BCUT2D eigenvalue weighted by Crippen LogP contribution is 2.35. The number of rotatable bonds is 3. The van der Waals surface area contributed by atoms with Gasteiger partial charge in [-0.25, -0.2) is 4.98 Å². The van der Waals surface area contributed by atoms with Crippen LogP contribution >= 0.6 is 11.6 Å². The van der Waals surface area contributed by atoms with Gasteiger partial charge in [0.15, 0.2) is 6.10 Å². The molecule has 1 fully saturated rings. The lowest BCUT2D eigenvalue weighted by atomic mass is 10.1. The van der Waals surface area contributed by atoms with Crippen LogP contribution in [0.4, 0.5) is 5.69 Å². The molecule has 2 aromatic rings. The third-order valence-corrected chi connectivity index (χ3v) is 4.89. The Bertz CT molecular complexity index is 882. The molecule has 26 heavy (non-hydrogen) atoms. The standard InChI is InChI=1S/C19H18ClN3O3/c1-11-19(25)23(14-5-6-14)10-12-9-13(4-7-16(12)26-11)22-18(24)15-3-2-8-21-17(15)20/h2-4,7-9,11,14H,5-6,10H2,1H3,(H,22,24). The van der Waals surface area contributed by atoms with E-state index < -0.39 is 6.10 Å². The van der Waals surface area contributed by atoms with Crippen LogP contribution in [0.25, 0.3) is 0 Å². The lowest BCUT2D eigenvalue weighted by Gasteiger charge is -2.21. The maximum absolute atomic E-state index is 12.5. The molecule has 2 heterocycles. The van der Waals surface area contributed by atoms with Crippen LogP contribution in [0, 0.1) is 0 Å². The predicted octanol–water partition coefficient (Wildman–Crippen LogP) is 3.26. The predicted molar refractivity (Wildman–Crippen MR) is 97.3 cm³/mol. The molecule has 1 saturated carbocycles. The monoisotopic (exact) mass is 371 g/mol. The van der Waals surface area contributed by atoms with Gasteiger partial charge in [-0.05, 0) is 50.1 Å². The summed E-state index contributed by atoms with van der Waals surface area (Å²) in [7, 11) is 0. The van der Waals surface area contributed by atoms with Gasteiger partial charge in [-0.3, -0.25) is 9.59 Å². The van der Waals surface area contributed by atoms with Crippen LogP contribution in [0.1, 0.15) is 35.7 Å². The van der Waals surface area contributed by atoms with Gasteiger partial charge < -0.3 is 15.0 Å². The van der Waals surface area contributed by atoms with Gasteiger partial charge in [-0.1, -0.05) is 11.6 Å². The largest absolute Gasteiger partial charge is 0.481 e. The minimum atomic E-state index is -0.508. The number of fused-ring (bicyclic) bond motifs is 1. The van der Waals surface area contributed by atoms with E-state index in [1.54, 1.807) is 31.2 Å². The van der Waals surface area contributed by atoms with Crippen LogP contribution in [-0.4, -0.2) is 33.8 Å². The molecule has 0 saturated heterocycles. The lowest BCUT2D eigenvalue weighted by molar-refractivity contribution is -0.138. The van der Waals surface area contributed by atoms with E-state index in [0.29, 0.717) is 29.6 Å².